The van der Waals surface area contributed by atoms with Crippen molar-refractivity contribution in [3.8, 4) is 0 Å². The van der Waals surface area contributed by atoms with E-state index in [2.05, 4.69) is 19.4 Å². The minimum Gasteiger partial charge on any atom is -0.375 e. The molecule has 0 aliphatic carbocycles. The van der Waals surface area contributed by atoms with E-state index in [0.29, 0.717) is 19.8 Å². The standard InChI is InChI=1S/C10H18O2S/c1-4-6-11-8-10(9-13-3)12-7-5-2/h4-5,10H,1-2,6-9H2,3H3. The highest BCUT2D eigenvalue weighted by Gasteiger charge is 2.06. The first-order chi connectivity index (χ1) is 6.35. The lowest BCUT2D eigenvalue weighted by Crippen LogP contribution is -2.22. The van der Waals surface area contributed by atoms with Crippen molar-refractivity contribution in [2.75, 3.05) is 31.8 Å². The quantitative estimate of drug-likeness (QED) is 0.421. The molecule has 13 heavy (non-hydrogen) atoms. The lowest BCUT2D eigenvalue weighted by molar-refractivity contribution is 0.0156. The van der Waals surface area contributed by atoms with Crippen molar-refractivity contribution in [3.05, 3.63) is 25.3 Å². The van der Waals surface area contributed by atoms with Crippen molar-refractivity contribution < 1.29 is 9.47 Å². The predicted molar refractivity (Wildman–Crippen MR) is 59.3 cm³/mol. The van der Waals surface area contributed by atoms with Crippen LogP contribution in [0.1, 0.15) is 0 Å². The van der Waals surface area contributed by atoms with Crippen LogP contribution >= 0.6 is 11.8 Å². The fourth-order valence-electron chi connectivity index (χ4n) is 0.817. The minimum atomic E-state index is 0.160. The molecule has 0 saturated heterocycles. The van der Waals surface area contributed by atoms with Crippen molar-refractivity contribution in [1.29, 1.82) is 0 Å². The molecule has 1 atom stereocenters. The fraction of sp³-hybridized carbons (Fsp3) is 0.600. The normalized spacial score (nSPS) is 12.4. The Morgan fingerprint density at radius 1 is 1.31 bits per heavy atom. The summed E-state index contributed by atoms with van der Waals surface area (Å²) in [5.74, 6) is 0.949. The number of hydrogen-bond acceptors (Lipinski definition) is 3. The van der Waals surface area contributed by atoms with Gasteiger partial charge in [-0.1, -0.05) is 12.2 Å². The molecule has 1 unspecified atom stereocenters. The van der Waals surface area contributed by atoms with Crippen LogP contribution in [0.3, 0.4) is 0 Å². The zero-order valence-corrected chi connectivity index (χ0v) is 9.02. The molecule has 0 amide bonds. The van der Waals surface area contributed by atoms with Crippen molar-refractivity contribution in [1.82, 2.24) is 0 Å². The molecule has 0 aliphatic heterocycles. The van der Waals surface area contributed by atoms with Gasteiger partial charge in [-0.25, -0.2) is 0 Å². The van der Waals surface area contributed by atoms with E-state index >= 15 is 0 Å². The maximum Gasteiger partial charge on any atom is 0.0902 e. The van der Waals surface area contributed by atoms with E-state index in [0.717, 1.165) is 5.75 Å². The predicted octanol–water partition coefficient (Wildman–Crippen LogP) is 2.12. The molecule has 0 spiro atoms. The summed E-state index contributed by atoms with van der Waals surface area (Å²) in [5.41, 5.74) is 0. The van der Waals surface area contributed by atoms with Gasteiger partial charge < -0.3 is 9.47 Å². The molecule has 0 radical (unpaired) electrons. The van der Waals surface area contributed by atoms with E-state index in [9.17, 15) is 0 Å². The summed E-state index contributed by atoms with van der Waals surface area (Å²) in [6.07, 6.45) is 5.70. The van der Waals surface area contributed by atoms with Crippen molar-refractivity contribution in [3.63, 3.8) is 0 Å². The summed E-state index contributed by atoms with van der Waals surface area (Å²) in [6.45, 7) is 8.98. The molecule has 3 heteroatoms. The number of hydrogen-bond donors (Lipinski definition) is 0. The second-order valence-corrected chi connectivity index (χ2v) is 3.44. The largest absolute Gasteiger partial charge is 0.375 e. The van der Waals surface area contributed by atoms with Gasteiger partial charge in [0.2, 0.25) is 0 Å². The number of ether oxygens (including phenoxy) is 2. The monoisotopic (exact) mass is 202 g/mol. The minimum absolute atomic E-state index is 0.160. The van der Waals surface area contributed by atoms with Crippen LogP contribution in [0.4, 0.5) is 0 Å². The second-order valence-electron chi connectivity index (χ2n) is 2.53. The van der Waals surface area contributed by atoms with Gasteiger partial charge in [0.15, 0.2) is 0 Å². The van der Waals surface area contributed by atoms with Gasteiger partial charge in [0.05, 0.1) is 25.9 Å². The van der Waals surface area contributed by atoms with Crippen LogP contribution in [0, 0.1) is 0 Å². The number of thioether (sulfide) groups is 1. The first-order valence-electron chi connectivity index (χ1n) is 4.25. The van der Waals surface area contributed by atoms with Crippen molar-refractivity contribution in [2.45, 2.75) is 6.10 Å². The molecule has 0 aromatic rings. The van der Waals surface area contributed by atoms with Gasteiger partial charge in [0.25, 0.3) is 0 Å². The van der Waals surface area contributed by atoms with E-state index in [-0.39, 0.29) is 6.10 Å². The van der Waals surface area contributed by atoms with Crippen LogP contribution in [0.2, 0.25) is 0 Å². The Morgan fingerprint density at radius 2 is 2.00 bits per heavy atom. The third kappa shape index (κ3) is 8.09. The average molecular weight is 202 g/mol. The highest BCUT2D eigenvalue weighted by molar-refractivity contribution is 7.98. The zero-order chi connectivity index (χ0) is 9.94. The van der Waals surface area contributed by atoms with Gasteiger partial charge in [-0.05, 0) is 6.26 Å². The van der Waals surface area contributed by atoms with Crippen molar-refractivity contribution >= 4 is 11.8 Å². The third-order valence-corrected chi connectivity index (χ3v) is 2.05. The average Bonchev–Trinajstić information content (AvgIpc) is 2.14. The zero-order valence-electron chi connectivity index (χ0n) is 8.20. The Labute approximate surface area is 85.0 Å². The second kappa shape index (κ2) is 9.84. The number of rotatable bonds is 9. The molecule has 0 rings (SSSR count). The van der Waals surface area contributed by atoms with E-state index in [4.69, 9.17) is 9.47 Å². The summed E-state index contributed by atoms with van der Waals surface area (Å²) in [7, 11) is 0. The molecule has 2 nitrogen and oxygen atoms in total. The lowest BCUT2D eigenvalue weighted by Gasteiger charge is -2.15. The third-order valence-electron chi connectivity index (χ3n) is 1.34. The van der Waals surface area contributed by atoms with Gasteiger partial charge in [-0.2, -0.15) is 11.8 Å². The smallest absolute Gasteiger partial charge is 0.0902 e. The SMILES string of the molecule is C=CCOCC(CSC)OCC=C. The van der Waals surface area contributed by atoms with E-state index < -0.39 is 0 Å². The molecule has 0 N–H and O–H groups in total. The Kier molecular flexibility index (Phi) is 9.65. The molecule has 0 aromatic heterocycles. The first kappa shape index (κ1) is 12.8. The molecule has 0 aromatic carbocycles. The van der Waals surface area contributed by atoms with Crippen LogP contribution < -0.4 is 0 Å². The summed E-state index contributed by atoms with van der Waals surface area (Å²) in [4.78, 5) is 0. The molecule has 0 bridgehead atoms. The molecule has 0 aliphatic rings. The highest BCUT2D eigenvalue weighted by atomic mass is 32.2. The molecule has 0 saturated carbocycles. The fourth-order valence-corrected chi connectivity index (χ4v) is 1.38. The van der Waals surface area contributed by atoms with Crippen molar-refractivity contribution in [2.24, 2.45) is 0 Å². The first-order valence-corrected chi connectivity index (χ1v) is 5.64. The Morgan fingerprint density at radius 3 is 2.54 bits per heavy atom. The lowest BCUT2D eigenvalue weighted by atomic mass is 10.4. The Bertz CT molecular complexity index is 137. The molecular weight excluding hydrogens is 184 g/mol. The van der Waals surface area contributed by atoms with Crippen LogP contribution in [-0.4, -0.2) is 37.9 Å². The van der Waals surface area contributed by atoms with Gasteiger partial charge in [-0.3, -0.25) is 0 Å². The summed E-state index contributed by atoms with van der Waals surface area (Å²) < 4.78 is 10.8. The van der Waals surface area contributed by atoms with Crippen LogP contribution in [-0.2, 0) is 9.47 Å². The van der Waals surface area contributed by atoms with Gasteiger partial charge in [-0.15, -0.1) is 13.2 Å². The van der Waals surface area contributed by atoms with Gasteiger partial charge in [0, 0.05) is 5.75 Å². The van der Waals surface area contributed by atoms with Crippen LogP contribution in [0.5, 0.6) is 0 Å². The maximum atomic E-state index is 5.48. The summed E-state index contributed by atoms with van der Waals surface area (Å²) in [6, 6.07) is 0. The summed E-state index contributed by atoms with van der Waals surface area (Å²) in [5, 5.41) is 0. The van der Waals surface area contributed by atoms with Crippen LogP contribution in [0.25, 0.3) is 0 Å². The molecule has 0 heterocycles. The molecule has 0 fully saturated rings. The Hall–Kier alpha value is -0.250. The molecule has 76 valence electrons. The van der Waals surface area contributed by atoms with E-state index in [1.165, 1.54) is 0 Å². The maximum absolute atomic E-state index is 5.48. The van der Waals surface area contributed by atoms with Gasteiger partial charge >= 0.3 is 0 Å². The highest BCUT2D eigenvalue weighted by Crippen LogP contribution is 2.02. The summed E-state index contributed by atoms with van der Waals surface area (Å²) >= 11 is 1.75. The van der Waals surface area contributed by atoms with E-state index in [1.807, 2.05) is 0 Å². The van der Waals surface area contributed by atoms with Crippen LogP contribution in [0.15, 0.2) is 25.3 Å². The Balaban J connectivity index is 3.52. The van der Waals surface area contributed by atoms with Gasteiger partial charge in [0.1, 0.15) is 0 Å². The topological polar surface area (TPSA) is 18.5 Å². The molecular formula is C10H18O2S. The van der Waals surface area contributed by atoms with E-state index in [1.54, 1.807) is 23.9 Å².